The van der Waals surface area contributed by atoms with Crippen molar-refractivity contribution in [3.8, 4) is 0 Å². The highest BCUT2D eigenvalue weighted by molar-refractivity contribution is 5.89. The van der Waals surface area contributed by atoms with Crippen molar-refractivity contribution in [3.05, 3.63) is 48.2 Å². The van der Waals surface area contributed by atoms with Crippen LogP contribution in [0.4, 0.5) is 20.6 Å². The van der Waals surface area contributed by atoms with E-state index in [9.17, 15) is 9.18 Å². The van der Waals surface area contributed by atoms with Crippen LogP contribution in [0.3, 0.4) is 0 Å². The highest BCUT2D eigenvalue weighted by Gasteiger charge is 2.16. The minimum Gasteiger partial charge on any atom is -0.467 e. The molecule has 1 fully saturated rings. The lowest BCUT2D eigenvalue weighted by atomic mass is 10.2. The Bertz CT molecular complexity index is 700. The zero-order valence-corrected chi connectivity index (χ0v) is 14.7. The van der Waals surface area contributed by atoms with Gasteiger partial charge in [-0.1, -0.05) is 0 Å². The average molecular weight is 361 g/mol. The fraction of sp³-hybridized carbons (Fsp3) is 0.421. The van der Waals surface area contributed by atoms with Crippen molar-refractivity contribution in [2.24, 2.45) is 0 Å². The van der Waals surface area contributed by atoms with Crippen LogP contribution < -0.4 is 15.5 Å². The van der Waals surface area contributed by atoms with Crippen LogP contribution in [0.25, 0.3) is 0 Å². The summed E-state index contributed by atoms with van der Waals surface area (Å²) >= 11 is 0. The highest BCUT2D eigenvalue weighted by Crippen LogP contribution is 2.25. The number of carbonyl (C=O) groups is 1. The van der Waals surface area contributed by atoms with E-state index in [0.29, 0.717) is 37.6 Å². The molecule has 0 radical (unpaired) electrons. The lowest BCUT2D eigenvalue weighted by molar-refractivity contribution is 0.104. The molecule has 1 aromatic carbocycles. The van der Waals surface area contributed by atoms with Crippen molar-refractivity contribution in [1.82, 2.24) is 5.32 Å². The number of urea groups is 1. The minimum atomic E-state index is -0.357. The largest absolute Gasteiger partial charge is 0.467 e. The van der Waals surface area contributed by atoms with Crippen LogP contribution in [-0.2, 0) is 11.3 Å². The van der Waals surface area contributed by atoms with E-state index < -0.39 is 0 Å². The Morgan fingerprint density at radius 1 is 1.27 bits per heavy atom. The third-order valence-corrected chi connectivity index (χ3v) is 4.23. The van der Waals surface area contributed by atoms with Crippen LogP contribution in [0, 0.1) is 5.82 Å². The Kier molecular flexibility index (Phi) is 6.49. The molecular formula is C19H24FN3O3. The Labute approximate surface area is 152 Å². The van der Waals surface area contributed by atoms with Crippen LogP contribution in [0.5, 0.6) is 0 Å². The van der Waals surface area contributed by atoms with E-state index in [1.165, 1.54) is 6.07 Å². The van der Waals surface area contributed by atoms with Gasteiger partial charge in [0.15, 0.2) is 0 Å². The molecule has 0 spiro atoms. The molecule has 1 saturated heterocycles. The Hall–Kier alpha value is -2.54. The van der Waals surface area contributed by atoms with Crippen LogP contribution in [0.1, 0.15) is 25.0 Å². The summed E-state index contributed by atoms with van der Waals surface area (Å²) in [5.74, 6) is 0.464. The molecule has 0 saturated carbocycles. The Morgan fingerprint density at radius 2 is 2.12 bits per heavy atom. The quantitative estimate of drug-likeness (QED) is 0.703. The zero-order chi connectivity index (χ0) is 18.2. The first-order valence-electron chi connectivity index (χ1n) is 8.92. The second kappa shape index (κ2) is 9.24. The van der Waals surface area contributed by atoms with Gasteiger partial charge in [-0.05, 0) is 49.6 Å². The van der Waals surface area contributed by atoms with Crippen LogP contribution in [0.2, 0.25) is 0 Å². The van der Waals surface area contributed by atoms with Crippen LogP contribution in [0.15, 0.2) is 41.0 Å². The molecule has 1 aromatic heterocycles. The molecule has 0 bridgehead atoms. The van der Waals surface area contributed by atoms with Crippen molar-refractivity contribution >= 4 is 17.4 Å². The van der Waals surface area contributed by atoms with E-state index in [-0.39, 0.29) is 11.8 Å². The minimum absolute atomic E-state index is 0.309. The summed E-state index contributed by atoms with van der Waals surface area (Å²) in [6.45, 7) is 3.17. The number of halogens is 1. The fourth-order valence-electron chi connectivity index (χ4n) is 2.92. The average Bonchev–Trinajstić information content (AvgIpc) is 3.32. The van der Waals surface area contributed by atoms with Gasteiger partial charge >= 0.3 is 6.03 Å². The van der Waals surface area contributed by atoms with Gasteiger partial charge in [-0.25, -0.2) is 9.18 Å². The molecule has 2 amide bonds. The van der Waals surface area contributed by atoms with Gasteiger partial charge in [-0.3, -0.25) is 0 Å². The summed E-state index contributed by atoms with van der Waals surface area (Å²) < 4.78 is 24.8. The predicted octanol–water partition coefficient (Wildman–Crippen LogP) is 3.75. The fourth-order valence-corrected chi connectivity index (χ4v) is 2.92. The van der Waals surface area contributed by atoms with Gasteiger partial charge in [-0.15, -0.1) is 0 Å². The number of hydrogen-bond acceptors (Lipinski definition) is 4. The van der Waals surface area contributed by atoms with E-state index in [0.717, 1.165) is 31.7 Å². The standard InChI is InChI=1S/C19H24FN3O3/c20-17-13-15(6-7-18(17)23-9-1-2-10-23)22-19(24)21-8-4-11-25-14-16-5-3-12-26-16/h3,5-7,12-13H,1-2,4,8-11,14H2,(H2,21,22,24). The lowest BCUT2D eigenvalue weighted by Gasteiger charge is -2.19. The summed E-state index contributed by atoms with van der Waals surface area (Å²) in [5.41, 5.74) is 1.04. The van der Waals surface area contributed by atoms with Gasteiger partial charge in [0.1, 0.15) is 18.2 Å². The summed E-state index contributed by atoms with van der Waals surface area (Å²) in [4.78, 5) is 13.9. The van der Waals surface area contributed by atoms with Gasteiger partial charge in [-0.2, -0.15) is 0 Å². The SMILES string of the molecule is O=C(NCCCOCc1ccco1)Nc1ccc(N2CCCC2)c(F)c1. The second-order valence-electron chi connectivity index (χ2n) is 6.23. The molecule has 140 valence electrons. The number of nitrogens with one attached hydrogen (secondary N) is 2. The summed E-state index contributed by atoms with van der Waals surface area (Å²) in [5, 5.41) is 5.38. The number of furan rings is 1. The van der Waals surface area contributed by atoms with Crippen molar-refractivity contribution < 1.29 is 18.3 Å². The summed E-state index contributed by atoms with van der Waals surface area (Å²) in [6, 6.07) is 8.11. The second-order valence-corrected chi connectivity index (χ2v) is 6.23. The van der Waals surface area contributed by atoms with E-state index in [2.05, 4.69) is 10.6 Å². The molecule has 0 unspecified atom stereocenters. The maximum atomic E-state index is 14.2. The third kappa shape index (κ3) is 5.23. The predicted molar refractivity (Wildman–Crippen MR) is 97.8 cm³/mol. The maximum Gasteiger partial charge on any atom is 0.319 e. The molecule has 3 rings (SSSR count). The van der Waals surface area contributed by atoms with E-state index in [1.807, 2.05) is 17.0 Å². The molecule has 2 N–H and O–H groups in total. The van der Waals surface area contributed by atoms with Crippen molar-refractivity contribution in [2.45, 2.75) is 25.9 Å². The molecule has 26 heavy (non-hydrogen) atoms. The number of hydrogen-bond donors (Lipinski definition) is 2. The number of amides is 2. The molecule has 1 aliphatic heterocycles. The van der Waals surface area contributed by atoms with E-state index in [1.54, 1.807) is 18.4 Å². The molecule has 2 heterocycles. The van der Waals surface area contributed by atoms with Gasteiger partial charge in [0.05, 0.1) is 12.0 Å². The topological polar surface area (TPSA) is 66.7 Å². The number of rotatable bonds is 8. The van der Waals surface area contributed by atoms with Crippen molar-refractivity contribution in [3.63, 3.8) is 0 Å². The number of anilines is 2. The number of benzene rings is 1. The maximum absolute atomic E-state index is 14.2. The van der Waals surface area contributed by atoms with Gasteiger partial charge in [0, 0.05) is 31.9 Å². The monoisotopic (exact) mass is 361 g/mol. The van der Waals surface area contributed by atoms with E-state index >= 15 is 0 Å². The highest BCUT2D eigenvalue weighted by atomic mass is 19.1. The number of ether oxygens (including phenoxy) is 1. The van der Waals surface area contributed by atoms with Gasteiger partial charge in [0.25, 0.3) is 0 Å². The van der Waals surface area contributed by atoms with Crippen LogP contribution in [-0.4, -0.2) is 32.3 Å². The zero-order valence-electron chi connectivity index (χ0n) is 14.7. The van der Waals surface area contributed by atoms with Gasteiger partial charge in [0.2, 0.25) is 0 Å². The Balaban J connectivity index is 1.34. The number of carbonyl (C=O) groups excluding carboxylic acids is 1. The van der Waals surface area contributed by atoms with Crippen molar-refractivity contribution in [1.29, 1.82) is 0 Å². The molecule has 1 aliphatic rings. The first-order chi connectivity index (χ1) is 12.7. The number of nitrogens with zero attached hydrogens (tertiary/aromatic N) is 1. The first-order valence-corrected chi connectivity index (χ1v) is 8.92. The Morgan fingerprint density at radius 3 is 2.85 bits per heavy atom. The summed E-state index contributed by atoms with van der Waals surface area (Å²) in [6.07, 6.45) is 4.46. The third-order valence-electron chi connectivity index (χ3n) is 4.23. The molecule has 7 heteroatoms. The summed E-state index contributed by atoms with van der Waals surface area (Å²) in [7, 11) is 0. The van der Waals surface area contributed by atoms with Crippen LogP contribution >= 0.6 is 0 Å². The van der Waals surface area contributed by atoms with Gasteiger partial charge < -0.3 is 24.7 Å². The normalized spacial score (nSPS) is 13.8. The van der Waals surface area contributed by atoms with Crippen molar-refractivity contribution in [2.75, 3.05) is 36.5 Å². The lowest BCUT2D eigenvalue weighted by Crippen LogP contribution is -2.30. The first kappa shape index (κ1) is 18.3. The smallest absolute Gasteiger partial charge is 0.319 e. The molecule has 0 aliphatic carbocycles. The van der Waals surface area contributed by atoms with E-state index in [4.69, 9.17) is 9.15 Å². The molecular weight excluding hydrogens is 337 g/mol. The molecule has 2 aromatic rings. The molecule has 6 nitrogen and oxygen atoms in total. The molecule has 0 atom stereocenters.